The van der Waals surface area contributed by atoms with Crippen molar-refractivity contribution in [3.05, 3.63) is 65.2 Å². The summed E-state index contributed by atoms with van der Waals surface area (Å²) >= 11 is 6.25. The predicted molar refractivity (Wildman–Crippen MR) is 84.8 cm³/mol. The molecule has 0 saturated heterocycles. The van der Waals surface area contributed by atoms with Gasteiger partial charge in [-0.1, -0.05) is 54.1 Å². The summed E-state index contributed by atoms with van der Waals surface area (Å²) in [5.41, 5.74) is 9.92. The third-order valence-electron chi connectivity index (χ3n) is 3.36. The van der Waals surface area contributed by atoms with E-state index in [1.54, 1.807) is 0 Å². The van der Waals surface area contributed by atoms with Crippen LogP contribution in [-0.4, -0.2) is 4.98 Å². The summed E-state index contributed by atoms with van der Waals surface area (Å²) in [6, 6.07) is 17.9. The first-order valence-corrected chi connectivity index (χ1v) is 6.95. The van der Waals surface area contributed by atoms with Gasteiger partial charge in [-0.05, 0) is 24.6 Å². The van der Waals surface area contributed by atoms with E-state index in [0.29, 0.717) is 5.02 Å². The van der Waals surface area contributed by atoms with Gasteiger partial charge < -0.3 is 5.73 Å². The van der Waals surface area contributed by atoms with Crippen molar-refractivity contribution in [2.75, 3.05) is 0 Å². The van der Waals surface area contributed by atoms with E-state index in [0.717, 1.165) is 27.7 Å². The number of nitrogens with two attached hydrogens (primary N) is 1. The molecule has 0 aliphatic rings. The summed E-state index contributed by atoms with van der Waals surface area (Å²) in [6.45, 7) is 1.97. The Bertz CT molecular complexity index is 752. The van der Waals surface area contributed by atoms with E-state index in [2.05, 4.69) is 6.07 Å². The minimum atomic E-state index is -0.0823. The van der Waals surface area contributed by atoms with Crippen LogP contribution in [0.15, 0.2) is 54.6 Å². The molecule has 0 amide bonds. The van der Waals surface area contributed by atoms with Crippen LogP contribution in [0.5, 0.6) is 0 Å². The molecule has 0 aliphatic heterocycles. The lowest BCUT2D eigenvalue weighted by Crippen LogP contribution is -2.08. The molecule has 3 aromatic rings. The minimum Gasteiger partial charge on any atom is -0.324 e. The van der Waals surface area contributed by atoms with Crippen LogP contribution in [0.2, 0.25) is 5.02 Å². The Balaban J connectivity index is 2.34. The lowest BCUT2D eigenvalue weighted by molar-refractivity contribution is 0.817. The normalized spacial score (nSPS) is 12.6. The summed E-state index contributed by atoms with van der Waals surface area (Å²) in [4.78, 5) is 4.75. The van der Waals surface area contributed by atoms with E-state index in [1.165, 1.54) is 0 Å². The third-order valence-corrected chi connectivity index (χ3v) is 3.67. The van der Waals surface area contributed by atoms with E-state index < -0.39 is 0 Å². The van der Waals surface area contributed by atoms with Crippen LogP contribution < -0.4 is 5.73 Å². The first-order chi connectivity index (χ1) is 9.66. The Morgan fingerprint density at radius 2 is 1.80 bits per heavy atom. The maximum atomic E-state index is 6.25. The van der Waals surface area contributed by atoms with E-state index in [1.807, 2.05) is 55.5 Å². The van der Waals surface area contributed by atoms with E-state index in [-0.39, 0.29) is 6.04 Å². The van der Waals surface area contributed by atoms with Crippen LogP contribution in [-0.2, 0) is 0 Å². The van der Waals surface area contributed by atoms with Gasteiger partial charge >= 0.3 is 0 Å². The highest BCUT2D eigenvalue weighted by Gasteiger charge is 2.13. The molecule has 0 fully saturated rings. The van der Waals surface area contributed by atoms with Crippen molar-refractivity contribution < 1.29 is 0 Å². The fraction of sp³-hybridized carbons (Fsp3) is 0.118. The number of rotatable bonds is 2. The fourth-order valence-electron chi connectivity index (χ4n) is 2.35. The molecule has 0 bridgehead atoms. The van der Waals surface area contributed by atoms with Gasteiger partial charge in [-0.2, -0.15) is 0 Å². The monoisotopic (exact) mass is 282 g/mol. The second-order valence-electron chi connectivity index (χ2n) is 4.89. The van der Waals surface area contributed by atoms with Crippen molar-refractivity contribution in [3.8, 4) is 11.3 Å². The molecule has 20 heavy (non-hydrogen) atoms. The van der Waals surface area contributed by atoms with Gasteiger partial charge in [0.25, 0.3) is 0 Å². The Hall–Kier alpha value is -1.90. The Morgan fingerprint density at radius 3 is 2.50 bits per heavy atom. The van der Waals surface area contributed by atoms with E-state index in [9.17, 15) is 0 Å². The van der Waals surface area contributed by atoms with Gasteiger partial charge in [0, 0.05) is 17.0 Å². The number of fused-ring (bicyclic) bond motifs is 1. The summed E-state index contributed by atoms with van der Waals surface area (Å²) in [7, 11) is 0. The topological polar surface area (TPSA) is 38.9 Å². The number of hydrogen-bond donors (Lipinski definition) is 1. The van der Waals surface area contributed by atoms with Crippen molar-refractivity contribution in [2.24, 2.45) is 5.73 Å². The molecule has 1 atom stereocenters. The summed E-state index contributed by atoms with van der Waals surface area (Å²) < 4.78 is 0. The molecule has 0 unspecified atom stereocenters. The van der Waals surface area contributed by atoms with Gasteiger partial charge in [0.15, 0.2) is 0 Å². The van der Waals surface area contributed by atoms with Crippen LogP contribution in [0.1, 0.15) is 18.5 Å². The molecule has 3 heteroatoms. The Kier molecular flexibility index (Phi) is 3.43. The average molecular weight is 283 g/mol. The minimum absolute atomic E-state index is 0.0823. The Labute approximate surface area is 123 Å². The number of halogens is 1. The summed E-state index contributed by atoms with van der Waals surface area (Å²) in [5, 5.41) is 1.68. The van der Waals surface area contributed by atoms with Crippen LogP contribution in [0, 0.1) is 0 Å². The largest absolute Gasteiger partial charge is 0.324 e. The maximum absolute atomic E-state index is 6.25. The molecule has 0 spiro atoms. The molecule has 2 N–H and O–H groups in total. The van der Waals surface area contributed by atoms with Crippen molar-refractivity contribution in [1.82, 2.24) is 4.98 Å². The molecular formula is C17H15ClN2. The molecular weight excluding hydrogens is 268 g/mol. The second kappa shape index (κ2) is 5.23. The molecule has 2 aromatic carbocycles. The van der Waals surface area contributed by atoms with Crippen LogP contribution >= 0.6 is 11.6 Å². The standard InChI is InChI=1S/C17H15ClN2/c1-11(19)14-10-13-8-5-9-15(18)17(13)20-16(14)12-6-3-2-4-7-12/h2-11H,19H2,1H3/t11-/m0/s1. The number of benzene rings is 2. The molecule has 0 saturated carbocycles. The van der Waals surface area contributed by atoms with E-state index in [4.69, 9.17) is 22.3 Å². The highest BCUT2D eigenvalue weighted by atomic mass is 35.5. The van der Waals surface area contributed by atoms with Crippen molar-refractivity contribution in [3.63, 3.8) is 0 Å². The molecule has 3 rings (SSSR count). The van der Waals surface area contributed by atoms with Crippen LogP contribution in [0.3, 0.4) is 0 Å². The molecule has 1 aromatic heterocycles. The smallest absolute Gasteiger partial charge is 0.0895 e. The van der Waals surface area contributed by atoms with Crippen molar-refractivity contribution in [2.45, 2.75) is 13.0 Å². The number of aromatic nitrogens is 1. The van der Waals surface area contributed by atoms with Crippen molar-refractivity contribution in [1.29, 1.82) is 0 Å². The number of para-hydroxylation sites is 1. The molecule has 1 heterocycles. The molecule has 100 valence electrons. The van der Waals surface area contributed by atoms with Gasteiger partial charge in [-0.25, -0.2) is 4.98 Å². The maximum Gasteiger partial charge on any atom is 0.0895 e. The first kappa shape index (κ1) is 13.1. The van der Waals surface area contributed by atoms with Crippen LogP contribution in [0.25, 0.3) is 22.2 Å². The highest BCUT2D eigenvalue weighted by Crippen LogP contribution is 2.31. The highest BCUT2D eigenvalue weighted by molar-refractivity contribution is 6.35. The lowest BCUT2D eigenvalue weighted by Gasteiger charge is -2.14. The zero-order valence-corrected chi connectivity index (χ0v) is 11.9. The Morgan fingerprint density at radius 1 is 1.05 bits per heavy atom. The van der Waals surface area contributed by atoms with Gasteiger partial charge in [-0.3, -0.25) is 0 Å². The predicted octanol–water partition coefficient (Wildman–Crippen LogP) is 4.57. The fourth-order valence-corrected chi connectivity index (χ4v) is 2.58. The molecule has 0 radical (unpaired) electrons. The lowest BCUT2D eigenvalue weighted by atomic mass is 9.99. The summed E-state index contributed by atoms with van der Waals surface area (Å²) in [6.07, 6.45) is 0. The number of hydrogen-bond acceptors (Lipinski definition) is 2. The van der Waals surface area contributed by atoms with Gasteiger partial charge in [-0.15, -0.1) is 0 Å². The second-order valence-corrected chi connectivity index (χ2v) is 5.30. The quantitative estimate of drug-likeness (QED) is 0.747. The first-order valence-electron chi connectivity index (χ1n) is 6.57. The third kappa shape index (κ3) is 2.28. The molecule has 2 nitrogen and oxygen atoms in total. The zero-order chi connectivity index (χ0) is 14.1. The average Bonchev–Trinajstić information content (AvgIpc) is 2.47. The van der Waals surface area contributed by atoms with Crippen molar-refractivity contribution >= 4 is 22.5 Å². The van der Waals surface area contributed by atoms with Gasteiger partial charge in [0.1, 0.15) is 0 Å². The number of pyridine rings is 1. The van der Waals surface area contributed by atoms with Gasteiger partial charge in [0.2, 0.25) is 0 Å². The van der Waals surface area contributed by atoms with Crippen LogP contribution in [0.4, 0.5) is 0 Å². The van der Waals surface area contributed by atoms with E-state index >= 15 is 0 Å². The van der Waals surface area contributed by atoms with Gasteiger partial charge in [0.05, 0.1) is 16.2 Å². The molecule has 0 aliphatic carbocycles. The zero-order valence-electron chi connectivity index (χ0n) is 11.2. The SMILES string of the molecule is C[C@H](N)c1cc2cccc(Cl)c2nc1-c1ccccc1. The number of nitrogens with zero attached hydrogens (tertiary/aromatic N) is 1. The summed E-state index contributed by atoms with van der Waals surface area (Å²) in [5.74, 6) is 0.